The van der Waals surface area contributed by atoms with Gasteiger partial charge in [-0.05, 0) is 55.5 Å². The molecule has 3 nitrogen and oxygen atoms in total. The van der Waals surface area contributed by atoms with Crippen molar-refractivity contribution >= 4 is 51.7 Å². The minimum atomic E-state index is -0.135. The van der Waals surface area contributed by atoms with Crippen LogP contribution in [-0.4, -0.2) is 22.9 Å². The number of nitrogens with zero attached hydrogens (tertiary/aromatic N) is 2. The van der Waals surface area contributed by atoms with Gasteiger partial charge in [-0.3, -0.25) is 14.7 Å². The van der Waals surface area contributed by atoms with Gasteiger partial charge in [0.15, 0.2) is 5.17 Å². The number of carbonyl (C=O) groups excluding carboxylic acids is 1. The summed E-state index contributed by atoms with van der Waals surface area (Å²) >= 11 is 13.4. The second kappa shape index (κ2) is 6.95. The molecule has 2 aromatic rings. The molecule has 0 radical (unpaired) electrons. The molecular weight excluding hydrogens is 351 g/mol. The van der Waals surface area contributed by atoms with Crippen LogP contribution in [0.3, 0.4) is 0 Å². The highest BCUT2D eigenvalue weighted by Crippen LogP contribution is 2.28. The van der Waals surface area contributed by atoms with Crippen molar-refractivity contribution in [3.8, 4) is 0 Å². The van der Waals surface area contributed by atoms with E-state index >= 15 is 0 Å². The third kappa shape index (κ3) is 3.71. The third-order valence-corrected chi connectivity index (χ3v) is 5.05. The van der Waals surface area contributed by atoms with Crippen molar-refractivity contribution in [3.05, 3.63) is 64.1 Å². The molecule has 0 aromatic heterocycles. The van der Waals surface area contributed by atoms with Gasteiger partial charge in [0.25, 0.3) is 5.91 Å². The van der Waals surface area contributed by atoms with Gasteiger partial charge in [0.2, 0.25) is 0 Å². The summed E-state index contributed by atoms with van der Waals surface area (Å²) < 4.78 is 0. The van der Waals surface area contributed by atoms with Crippen LogP contribution in [0, 0.1) is 0 Å². The van der Waals surface area contributed by atoms with Gasteiger partial charge >= 0.3 is 0 Å². The Morgan fingerprint density at radius 1 is 1.09 bits per heavy atom. The summed E-state index contributed by atoms with van der Waals surface area (Å²) in [6.45, 7) is 2.03. The molecule has 0 aliphatic carbocycles. The zero-order valence-corrected chi connectivity index (χ0v) is 14.7. The topological polar surface area (TPSA) is 32.7 Å². The van der Waals surface area contributed by atoms with E-state index in [0.29, 0.717) is 20.8 Å². The van der Waals surface area contributed by atoms with E-state index in [-0.39, 0.29) is 11.9 Å². The number of amidine groups is 1. The number of anilines is 1. The van der Waals surface area contributed by atoms with Crippen molar-refractivity contribution in [1.82, 2.24) is 0 Å². The van der Waals surface area contributed by atoms with Gasteiger partial charge in [0.05, 0.1) is 11.7 Å². The lowest BCUT2D eigenvalue weighted by Gasteiger charge is -2.22. The zero-order valence-electron chi connectivity index (χ0n) is 12.4. The lowest BCUT2D eigenvalue weighted by Crippen LogP contribution is -2.34. The number of benzene rings is 2. The molecule has 2 aromatic carbocycles. The summed E-state index contributed by atoms with van der Waals surface area (Å²) in [5, 5.41) is 1.93. The molecule has 1 atom stereocenters. The van der Waals surface area contributed by atoms with E-state index < -0.39 is 0 Å². The second-order valence-corrected chi connectivity index (χ2v) is 7.06. The molecule has 0 unspecified atom stereocenters. The Labute approximate surface area is 149 Å². The van der Waals surface area contributed by atoms with Gasteiger partial charge in [-0.15, -0.1) is 0 Å². The lowest BCUT2D eigenvalue weighted by atomic mass is 10.2. The molecular formula is C17H14Cl2N2OS. The van der Waals surface area contributed by atoms with Gasteiger partial charge in [-0.1, -0.05) is 35.0 Å². The van der Waals surface area contributed by atoms with Gasteiger partial charge < -0.3 is 0 Å². The Hall–Kier alpha value is -1.49. The average Bonchev–Trinajstić information content (AvgIpc) is 2.96. The van der Waals surface area contributed by atoms with Crippen LogP contribution in [0.25, 0.3) is 0 Å². The summed E-state index contributed by atoms with van der Waals surface area (Å²) in [5.41, 5.74) is 1.31. The molecule has 0 saturated carbocycles. The fraction of sp³-hybridized carbons (Fsp3) is 0.176. The van der Waals surface area contributed by atoms with Gasteiger partial charge in [0, 0.05) is 21.4 Å². The summed E-state index contributed by atoms with van der Waals surface area (Å²) in [7, 11) is 0. The summed E-state index contributed by atoms with van der Waals surface area (Å²) in [4.78, 5) is 19.2. The molecule has 3 rings (SSSR count). The highest BCUT2D eigenvalue weighted by molar-refractivity contribution is 8.14. The zero-order chi connectivity index (χ0) is 16.4. The molecule has 118 valence electrons. The van der Waals surface area contributed by atoms with Crippen LogP contribution in [0.1, 0.15) is 17.3 Å². The second-order valence-electron chi connectivity index (χ2n) is 5.20. The Kier molecular flexibility index (Phi) is 4.95. The fourth-order valence-corrected chi connectivity index (χ4v) is 3.50. The average molecular weight is 365 g/mol. The Bertz CT molecular complexity index is 744. The van der Waals surface area contributed by atoms with Crippen LogP contribution in [0.2, 0.25) is 10.0 Å². The number of thioether (sulfide) groups is 1. The number of carbonyl (C=O) groups is 1. The minimum absolute atomic E-state index is 0.135. The summed E-state index contributed by atoms with van der Waals surface area (Å²) in [6.07, 6.45) is 0. The molecule has 0 N–H and O–H groups in total. The summed E-state index contributed by atoms with van der Waals surface area (Å²) in [6, 6.07) is 14.2. The van der Waals surface area contributed by atoms with Gasteiger partial charge in [0.1, 0.15) is 0 Å². The predicted molar refractivity (Wildman–Crippen MR) is 99.1 cm³/mol. The molecule has 0 saturated heterocycles. The first-order chi connectivity index (χ1) is 11.0. The predicted octanol–water partition coefficient (Wildman–Crippen LogP) is 5.13. The molecule has 0 bridgehead atoms. The number of hydrogen-bond donors (Lipinski definition) is 0. The third-order valence-electron chi connectivity index (χ3n) is 3.35. The molecule has 0 fully saturated rings. The number of aliphatic imine (C=N–C) groups is 1. The number of hydrogen-bond acceptors (Lipinski definition) is 3. The van der Waals surface area contributed by atoms with Crippen molar-refractivity contribution in [2.75, 3.05) is 10.7 Å². The van der Waals surface area contributed by atoms with E-state index in [1.165, 1.54) is 0 Å². The minimum Gasteiger partial charge on any atom is -0.268 e. The largest absolute Gasteiger partial charge is 0.268 e. The standard InChI is InChI=1S/C17H14Cl2N2OS/c1-11-10-23-17(20-11)21(15-8-6-14(19)7-9-15)16(22)12-2-4-13(18)5-3-12/h2-9,11H,10H2,1H3/t11-/m0/s1. The van der Waals surface area contributed by atoms with Crippen LogP contribution in [0.4, 0.5) is 5.69 Å². The van der Waals surface area contributed by atoms with Gasteiger partial charge in [-0.25, -0.2) is 0 Å². The fourth-order valence-electron chi connectivity index (χ4n) is 2.21. The molecule has 23 heavy (non-hydrogen) atoms. The first-order valence-electron chi connectivity index (χ1n) is 7.11. The van der Waals surface area contributed by atoms with Crippen molar-refractivity contribution < 1.29 is 4.79 Å². The van der Waals surface area contributed by atoms with Gasteiger partial charge in [-0.2, -0.15) is 0 Å². The highest BCUT2D eigenvalue weighted by Gasteiger charge is 2.27. The molecule has 1 aliphatic rings. The van der Waals surface area contributed by atoms with E-state index in [2.05, 4.69) is 4.99 Å². The maximum absolute atomic E-state index is 13.0. The Morgan fingerprint density at radius 2 is 1.65 bits per heavy atom. The van der Waals surface area contributed by atoms with Crippen LogP contribution < -0.4 is 4.90 Å². The van der Waals surface area contributed by atoms with E-state index in [1.54, 1.807) is 53.1 Å². The lowest BCUT2D eigenvalue weighted by molar-refractivity contribution is 0.100. The molecule has 1 amide bonds. The van der Waals surface area contributed by atoms with Crippen molar-refractivity contribution in [1.29, 1.82) is 0 Å². The molecule has 1 heterocycles. The molecule has 1 aliphatic heterocycles. The monoisotopic (exact) mass is 364 g/mol. The van der Waals surface area contributed by atoms with Crippen LogP contribution in [0.5, 0.6) is 0 Å². The van der Waals surface area contributed by atoms with Crippen molar-refractivity contribution in [2.45, 2.75) is 13.0 Å². The quantitative estimate of drug-likeness (QED) is 0.739. The first-order valence-corrected chi connectivity index (χ1v) is 8.85. The highest BCUT2D eigenvalue weighted by atomic mass is 35.5. The maximum atomic E-state index is 13.0. The van der Waals surface area contributed by atoms with Crippen LogP contribution in [-0.2, 0) is 0 Å². The summed E-state index contributed by atoms with van der Waals surface area (Å²) in [5.74, 6) is 0.734. The smallest absolute Gasteiger partial charge is 0.264 e. The SMILES string of the molecule is C[C@H]1CSC(N(C(=O)c2ccc(Cl)cc2)c2ccc(Cl)cc2)=N1. The Morgan fingerprint density at radius 3 is 2.17 bits per heavy atom. The molecule has 0 spiro atoms. The maximum Gasteiger partial charge on any atom is 0.264 e. The Balaban J connectivity index is 2.01. The van der Waals surface area contributed by atoms with Crippen molar-refractivity contribution in [2.24, 2.45) is 4.99 Å². The van der Waals surface area contributed by atoms with Crippen LogP contribution >= 0.6 is 35.0 Å². The normalized spacial score (nSPS) is 17.0. The number of rotatable bonds is 2. The number of halogens is 2. The number of amides is 1. The van der Waals surface area contributed by atoms with E-state index in [1.807, 2.05) is 19.1 Å². The van der Waals surface area contributed by atoms with E-state index in [4.69, 9.17) is 23.2 Å². The molecule has 6 heteroatoms. The van der Waals surface area contributed by atoms with E-state index in [0.717, 1.165) is 11.4 Å². The first kappa shape index (κ1) is 16.4. The van der Waals surface area contributed by atoms with Crippen molar-refractivity contribution in [3.63, 3.8) is 0 Å². The van der Waals surface area contributed by atoms with E-state index in [9.17, 15) is 4.79 Å². The van der Waals surface area contributed by atoms with Crippen LogP contribution in [0.15, 0.2) is 53.5 Å².